The lowest BCUT2D eigenvalue weighted by Crippen LogP contribution is -2.63. The van der Waals surface area contributed by atoms with Crippen molar-refractivity contribution >= 4 is 28.6 Å². The number of nitrogens with zero attached hydrogens (tertiary/aromatic N) is 1. The van der Waals surface area contributed by atoms with Gasteiger partial charge in [-0.3, -0.25) is 4.84 Å². The second kappa shape index (κ2) is 9.58. The maximum atomic E-state index is 13.5. The van der Waals surface area contributed by atoms with Crippen LogP contribution in [-0.4, -0.2) is 42.0 Å². The van der Waals surface area contributed by atoms with Crippen molar-refractivity contribution in [2.45, 2.75) is 31.3 Å². The highest BCUT2D eigenvalue weighted by Crippen LogP contribution is 2.43. The molecule has 5 nitrogen and oxygen atoms in total. The number of fused-ring (bicyclic) bond motifs is 3. The number of benzene rings is 1. The molecule has 0 spiro atoms. The standard InChI is InChI=1S/C26H30NO4S2/c28-25(26(29,23-10-5-17-32-23)24-11-6-18-33-24)31-27-14-12-20(13-15-27)21(19-27)7-4-16-30-22-8-2-1-3-9-22/h1-3,5-6,8-11,17-18,20-21,29H,4,7,12-16,19H2/q+1/t20?,21-,27?/m0/s1. The van der Waals surface area contributed by atoms with Crippen molar-refractivity contribution < 1.29 is 24.1 Å². The predicted molar refractivity (Wildman–Crippen MR) is 130 cm³/mol. The summed E-state index contributed by atoms with van der Waals surface area (Å²) in [6.07, 6.45) is 4.18. The van der Waals surface area contributed by atoms with Gasteiger partial charge in [-0.15, -0.1) is 27.3 Å². The summed E-state index contributed by atoms with van der Waals surface area (Å²) in [4.78, 5) is 21.0. The molecule has 0 unspecified atom stereocenters. The summed E-state index contributed by atoms with van der Waals surface area (Å²) in [6, 6.07) is 17.3. The molecule has 3 aromatic rings. The van der Waals surface area contributed by atoms with Gasteiger partial charge in [-0.1, -0.05) is 30.3 Å². The summed E-state index contributed by atoms with van der Waals surface area (Å²) in [5.74, 6) is 1.55. The average molecular weight is 485 g/mol. The quantitative estimate of drug-likeness (QED) is 0.334. The summed E-state index contributed by atoms with van der Waals surface area (Å²) in [5, 5.41) is 15.4. The molecule has 33 heavy (non-hydrogen) atoms. The number of quaternary nitrogens is 1. The Balaban J connectivity index is 1.24. The number of piperidine rings is 3. The molecule has 6 rings (SSSR count). The molecular weight excluding hydrogens is 454 g/mol. The minimum atomic E-state index is -1.75. The molecule has 1 atom stereocenters. The highest BCUT2D eigenvalue weighted by molar-refractivity contribution is 7.12. The Morgan fingerprint density at radius 1 is 1.00 bits per heavy atom. The SMILES string of the molecule is O=C(O[N+]12CCC(CC1)[C@@H](CCCOc1ccccc1)C2)C(O)(c1cccs1)c1cccs1. The first-order chi connectivity index (χ1) is 16.1. The number of ether oxygens (including phenoxy) is 1. The van der Waals surface area contributed by atoms with Crippen molar-refractivity contribution in [2.75, 3.05) is 26.2 Å². The van der Waals surface area contributed by atoms with E-state index >= 15 is 0 Å². The number of hydrogen-bond donors (Lipinski definition) is 1. The highest BCUT2D eigenvalue weighted by atomic mass is 32.1. The first-order valence-corrected chi connectivity index (χ1v) is 13.4. The maximum Gasteiger partial charge on any atom is 0.408 e. The predicted octanol–water partition coefficient (Wildman–Crippen LogP) is 5.22. The second-order valence-electron chi connectivity index (χ2n) is 9.13. The lowest BCUT2D eigenvalue weighted by molar-refractivity contribution is -1.10. The zero-order chi connectivity index (χ0) is 22.7. The van der Waals surface area contributed by atoms with E-state index in [1.54, 1.807) is 0 Å². The van der Waals surface area contributed by atoms with E-state index in [9.17, 15) is 9.90 Å². The Morgan fingerprint density at radius 3 is 2.27 bits per heavy atom. The van der Waals surface area contributed by atoms with Crippen molar-refractivity contribution in [2.24, 2.45) is 11.8 Å². The van der Waals surface area contributed by atoms with Crippen molar-refractivity contribution in [3.8, 4) is 5.75 Å². The van der Waals surface area contributed by atoms with Crippen LogP contribution in [0, 0.1) is 11.8 Å². The molecule has 2 aromatic heterocycles. The molecule has 7 heteroatoms. The smallest absolute Gasteiger partial charge is 0.408 e. The Labute approximate surface area is 202 Å². The van der Waals surface area contributed by atoms with Crippen molar-refractivity contribution in [1.82, 2.24) is 0 Å². The van der Waals surface area contributed by atoms with Crippen LogP contribution in [0.25, 0.3) is 0 Å². The number of hydrogen-bond acceptors (Lipinski definition) is 6. The minimum absolute atomic E-state index is 0.332. The molecule has 174 valence electrons. The normalized spacial score (nSPS) is 24.5. The largest absolute Gasteiger partial charge is 0.494 e. The molecule has 1 N–H and O–H groups in total. The molecular formula is C26H30NO4S2+. The first-order valence-electron chi connectivity index (χ1n) is 11.7. The van der Waals surface area contributed by atoms with Crippen LogP contribution < -0.4 is 4.74 Å². The van der Waals surface area contributed by atoms with Crippen LogP contribution in [-0.2, 0) is 15.2 Å². The van der Waals surface area contributed by atoms with Gasteiger partial charge in [-0.05, 0) is 53.8 Å². The number of aliphatic hydroxyl groups is 1. The fraction of sp³-hybridized carbons (Fsp3) is 0.423. The van der Waals surface area contributed by atoms with Crippen molar-refractivity contribution in [3.05, 3.63) is 75.1 Å². The molecule has 0 saturated carbocycles. The first kappa shape index (κ1) is 22.6. The zero-order valence-corrected chi connectivity index (χ0v) is 20.2. The van der Waals surface area contributed by atoms with Gasteiger partial charge in [-0.25, -0.2) is 4.79 Å². The van der Waals surface area contributed by atoms with Gasteiger partial charge in [-0.2, -0.15) is 0 Å². The summed E-state index contributed by atoms with van der Waals surface area (Å²) >= 11 is 2.76. The third-order valence-electron chi connectivity index (χ3n) is 7.11. The van der Waals surface area contributed by atoms with Crippen LogP contribution in [0.3, 0.4) is 0 Å². The minimum Gasteiger partial charge on any atom is -0.494 e. The molecule has 2 bridgehead atoms. The number of carbonyl (C=O) groups excluding carboxylic acids is 1. The number of para-hydroxylation sites is 1. The fourth-order valence-electron chi connectivity index (χ4n) is 5.33. The molecule has 0 amide bonds. The van der Waals surface area contributed by atoms with Crippen molar-refractivity contribution in [3.63, 3.8) is 0 Å². The Kier molecular flexibility index (Phi) is 6.56. The molecule has 0 aliphatic carbocycles. The van der Waals surface area contributed by atoms with Crippen LogP contribution in [0.2, 0.25) is 0 Å². The summed E-state index contributed by atoms with van der Waals surface area (Å²) in [5.41, 5.74) is -1.75. The number of carbonyl (C=O) groups is 1. The Bertz CT molecular complexity index is 993. The van der Waals surface area contributed by atoms with Crippen molar-refractivity contribution in [1.29, 1.82) is 0 Å². The zero-order valence-electron chi connectivity index (χ0n) is 18.6. The van der Waals surface area contributed by atoms with Gasteiger partial charge in [0.25, 0.3) is 0 Å². The summed E-state index contributed by atoms with van der Waals surface area (Å²) < 4.78 is 6.20. The summed E-state index contributed by atoms with van der Waals surface area (Å²) in [6.45, 7) is 3.19. The van der Waals surface area contributed by atoms with E-state index in [4.69, 9.17) is 9.57 Å². The van der Waals surface area contributed by atoms with E-state index in [0.29, 0.717) is 32.8 Å². The van der Waals surface area contributed by atoms with E-state index in [1.165, 1.54) is 22.7 Å². The monoisotopic (exact) mass is 484 g/mol. The third-order valence-corrected chi connectivity index (χ3v) is 9.06. The van der Waals surface area contributed by atoms with Gasteiger partial charge in [0.1, 0.15) is 25.4 Å². The van der Waals surface area contributed by atoms with Gasteiger partial charge < -0.3 is 9.84 Å². The van der Waals surface area contributed by atoms with Crippen LogP contribution in [0.1, 0.15) is 35.4 Å². The number of hydroxylamine groups is 3. The second-order valence-corrected chi connectivity index (χ2v) is 11.0. The average Bonchev–Trinajstić information content (AvgIpc) is 3.58. The van der Waals surface area contributed by atoms with E-state index < -0.39 is 11.6 Å². The molecule has 3 aliphatic heterocycles. The lowest BCUT2D eigenvalue weighted by Gasteiger charge is -2.49. The van der Waals surface area contributed by atoms with Gasteiger partial charge >= 0.3 is 5.97 Å². The highest BCUT2D eigenvalue weighted by Gasteiger charge is 2.53. The molecule has 5 heterocycles. The topological polar surface area (TPSA) is 55.8 Å². The maximum absolute atomic E-state index is 13.5. The molecule has 1 aromatic carbocycles. The van der Waals surface area contributed by atoms with Crippen LogP contribution >= 0.6 is 22.7 Å². The Hall–Kier alpha value is -2.19. The van der Waals surface area contributed by atoms with Gasteiger partial charge in [0.15, 0.2) is 0 Å². The van der Waals surface area contributed by atoms with Gasteiger partial charge in [0.05, 0.1) is 16.4 Å². The molecule has 3 saturated heterocycles. The van der Waals surface area contributed by atoms with Crippen LogP contribution in [0.15, 0.2) is 65.4 Å². The van der Waals surface area contributed by atoms with Gasteiger partial charge in [0.2, 0.25) is 5.60 Å². The Morgan fingerprint density at radius 2 is 1.67 bits per heavy atom. The van der Waals surface area contributed by atoms with E-state index in [1.807, 2.05) is 65.4 Å². The molecule has 3 aliphatic rings. The van der Waals surface area contributed by atoms with Gasteiger partial charge in [0, 0.05) is 18.8 Å². The molecule has 0 radical (unpaired) electrons. The van der Waals surface area contributed by atoms with Crippen LogP contribution in [0.4, 0.5) is 0 Å². The van der Waals surface area contributed by atoms with E-state index in [2.05, 4.69) is 0 Å². The van der Waals surface area contributed by atoms with E-state index in [-0.39, 0.29) is 0 Å². The summed E-state index contributed by atoms with van der Waals surface area (Å²) in [7, 11) is 0. The number of thiophene rings is 2. The number of rotatable bonds is 9. The third kappa shape index (κ3) is 4.60. The van der Waals surface area contributed by atoms with Crippen LogP contribution in [0.5, 0.6) is 5.75 Å². The lowest BCUT2D eigenvalue weighted by atomic mass is 9.76. The molecule has 3 fully saturated rings. The fourth-order valence-corrected chi connectivity index (χ4v) is 7.04. The van der Waals surface area contributed by atoms with E-state index in [0.717, 1.165) is 51.1 Å².